The molecule has 0 fully saturated rings. The molecule has 0 bridgehead atoms. The number of ether oxygens (including phenoxy) is 4. The molecule has 0 aromatic carbocycles. The van der Waals surface area contributed by atoms with Crippen LogP contribution >= 0.6 is 0 Å². The van der Waals surface area contributed by atoms with Crippen LogP contribution in [-0.4, -0.2) is 62.9 Å². The molecule has 0 unspecified atom stereocenters. The minimum absolute atomic E-state index is 0.148. The zero-order chi connectivity index (χ0) is 13.9. The van der Waals surface area contributed by atoms with Gasteiger partial charge in [0, 0.05) is 7.11 Å². The molecule has 0 saturated carbocycles. The van der Waals surface area contributed by atoms with E-state index in [2.05, 4.69) is 10.2 Å². The van der Waals surface area contributed by atoms with E-state index >= 15 is 0 Å². The monoisotopic (exact) mass is 273 g/mol. The lowest BCUT2D eigenvalue weighted by Crippen LogP contribution is -2.14. The maximum Gasteiger partial charge on any atom is 0.358 e. The lowest BCUT2D eigenvalue weighted by atomic mass is 10.4. The summed E-state index contributed by atoms with van der Waals surface area (Å²) in [6.07, 6.45) is 1.35. The molecule has 0 aliphatic carbocycles. The first-order chi connectivity index (χ1) is 9.25. The van der Waals surface area contributed by atoms with Crippen molar-refractivity contribution >= 4 is 11.7 Å². The van der Waals surface area contributed by atoms with E-state index in [-0.39, 0.29) is 18.0 Å². The van der Waals surface area contributed by atoms with Crippen LogP contribution in [0.4, 0.5) is 5.69 Å². The Morgan fingerprint density at radius 3 is 2.42 bits per heavy atom. The summed E-state index contributed by atoms with van der Waals surface area (Å²) in [4.78, 5) is 11.5. The van der Waals surface area contributed by atoms with Crippen LogP contribution < -0.4 is 5.73 Å². The Bertz CT molecular complexity index is 369. The van der Waals surface area contributed by atoms with Gasteiger partial charge in [-0.25, -0.2) is 4.79 Å². The molecule has 0 aliphatic heterocycles. The molecule has 1 rings (SSSR count). The van der Waals surface area contributed by atoms with Crippen molar-refractivity contribution in [3.05, 3.63) is 11.9 Å². The van der Waals surface area contributed by atoms with Crippen LogP contribution in [0.1, 0.15) is 10.5 Å². The molecule has 0 radical (unpaired) electrons. The second kappa shape index (κ2) is 9.31. The summed E-state index contributed by atoms with van der Waals surface area (Å²) in [5.41, 5.74) is 5.92. The number of aromatic amines is 1. The highest BCUT2D eigenvalue weighted by Crippen LogP contribution is 2.06. The number of H-pyrrole nitrogens is 1. The summed E-state index contributed by atoms with van der Waals surface area (Å²) in [6, 6.07) is 0. The zero-order valence-electron chi connectivity index (χ0n) is 10.9. The van der Waals surface area contributed by atoms with Gasteiger partial charge in [-0.1, -0.05) is 0 Å². The summed E-state index contributed by atoms with van der Waals surface area (Å²) in [5, 5.41) is 6.09. The van der Waals surface area contributed by atoms with Gasteiger partial charge in [-0.2, -0.15) is 5.10 Å². The van der Waals surface area contributed by atoms with E-state index < -0.39 is 5.97 Å². The molecule has 3 N–H and O–H groups in total. The van der Waals surface area contributed by atoms with Gasteiger partial charge < -0.3 is 24.7 Å². The van der Waals surface area contributed by atoms with Crippen molar-refractivity contribution in [2.75, 3.05) is 52.5 Å². The molecule has 8 nitrogen and oxygen atoms in total. The SMILES string of the molecule is COCCOCCOCCOC(=O)c1[nH]ncc1N. The fourth-order valence-electron chi connectivity index (χ4n) is 1.19. The average Bonchev–Trinajstić information content (AvgIpc) is 2.83. The molecule has 19 heavy (non-hydrogen) atoms. The maximum absolute atomic E-state index is 11.5. The number of nitrogens with one attached hydrogen (secondary N) is 1. The van der Waals surface area contributed by atoms with Crippen LogP contribution in [0.2, 0.25) is 0 Å². The van der Waals surface area contributed by atoms with E-state index in [0.717, 1.165) is 0 Å². The van der Waals surface area contributed by atoms with E-state index in [1.807, 2.05) is 0 Å². The number of methoxy groups -OCH3 is 1. The van der Waals surface area contributed by atoms with Gasteiger partial charge in [-0.05, 0) is 0 Å². The first kappa shape index (κ1) is 15.4. The van der Waals surface area contributed by atoms with Gasteiger partial charge in [-0.15, -0.1) is 0 Å². The normalized spacial score (nSPS) is 10.6. The smallest absolute Gasteiger partial charge is 0.358 e. The third-order valence-electron chi connectivity index (χ3n) is 2.14. The number of anilines is 1. The minimum atomic E-state index is -0.546. The molecule has 0 atom stereocenters. The number of hydrogen-bond donors (Lipinski definition) is 2. The summed E-state index contributed by atoms with van der Waals surface area (Å²) in [7, 11) is 1.61. The molecule has 1 aromatic rings. The second-order valence-corrected chi connectivity index (χ2v) is 3.55. The number of carbonyl (C=O) groups excluding carboxylic acids is 1. The lowest BCUT2D eigenvalue weighted by Gasteiger charge is -2.06. The van der Waals surface area contributed by atoms with Gasteiger partial charge >= 0.3 is 5.97 Å². The summed E-state index contributed by atoms with van der Waals surface area (Å²) < 4.78 is 20.2. The van der Waals surface area contributed by atoms with E-state index in [9.17, 15) is 4.79 Å². The number of hydrogen-bond acceptors (Lipinski definition) is 7. The van der Waals surface area contributed by atoms with E-state index in [1.165, 1.54) is 6.20 Å². The molecule has 1 aromatic heterocycles. The van der Waals surface area contributed by atoms with Crippen molar-refractivity contribution in [3.8, 4) is 0 Å². The zero-order valence-corrected chi connectivity index (χ0v) is 10.9. The number of aromatic nitrogens is 2. The maximum atomic E-state index is 11.5. The van der Waals surface area contributed by atoms with Gasteiger partial charge in [-0.3, -0.25) is 5.10 Å². The Labute approximate surface area is 111 Å². The van der Waals surface area contributed by atoms with Crippen LogP contribution in [0.25, 0.3) is 0 Å². The summed E-state index contributed by atoms with van der Waals surface area (Å²) in [6.45, 7) is 2.46. The van der Waals surface area contributed by atoms with Crippen molar-refractivity contribution in [3.63, 3.8) is 0 Å². The van der Waals surface area contributed by atoms with Crippen molar-refractivity contribution in [1.29, 1.82) is 0 Å². The first-order valence-corrected chi connectivity index (χ1v) is 5.86. The number of nitrogens with two attached hydrogens (primary N) is 1. The molecular formula is C11H19N3O5. The lowest BCUT2D eigenvalue weighted by molar-refractivity contribution is 0.00553. The Balaban J connectivity index is 1.96. The van der Waals surface area contributed by atoms with Crippen molar-refractivity contribution < 1.29 is 23.7 Å². The molecule has 0 aliphatic rings. The third-order valence-corrected chi connectivity index (χ3v) is 2.14. The molecule has 0 amide bonds. The topological polar surface area (TPSA) is 109 Å². The van der Waals surface area contributed by atoms with Crippen LogP contribution in [0.5, 0.6) is 0 Å². The minimum Gasteiger partial charge on any atom is -0.458 e. The van der Waals surface area contributed by atoms with Crippen LogP contribution in [0.3, 0.4) is 0 Å². The van der Waals surface area contributed by atoms with Crippen molar-refractivity contribution in [2.45, 2.75) is 0 Å². The molecule has 0 saturated heterocycles. The molecule has 108 valence electrons. The first-order valence-electron chi connectivity index (χ1n) is 5.86. The second-order valence-electron chi connectivity index (χ2n) is 3.55. The number of rotatable bonds is 10. The van der Waals surface area contributed by atoms with Gasteiger partial charge in [0.15, 0.2) is 5.69 Å². The summed E-state index contributed by atoms with van der Waals surface area (Å²) >= 11 is 0. The Morgan fingerprint density at radius 2 is 1.84 bits per heavy atom. The number of esters is 1. The molecular weight excluding hydrogens is 254 g/mol. The Kier molecular flexibility index (Phi) is 7.56. The van der Waals surface area contributed by atoms with E-state index in [0.29, 0.717) is 33.0 Å². The van der Waals surface area contributed by atoms with Crippen LogP contribution in [0, 0.1) is 0 Å². The fourth-order valence-corrected chi connectivity index (χ4v) is 1.19. The van der Waals surface area contributed by atoms with Crippen LogP contribution in [0.15, 0.2) is 6.20 Å². The van der Waals surface area contributed by atoms with Gasteiger partial charge in [0.2, 0.25) is 0 Å². The van der Waals surface area contributed by atoms with Gasteiger partial charge in [0.25, 0.3) is 0 Å². The largest absolute Gasteiger partial charge is 0.458 e. The Morgan fingerprint density at radius 1 is 1.21 bits per heavy atom. The highest BCUT2D eigenvalue weighted by molar-refractivity contribution is 5.92. The number of nitrogen functional groups attached to an aromatic ring is 1. The highest BCUT2D eigenvalue weighted by atomic mass is 16.6. The fraction of sp³-hybridized carbons (Fsp3) is 0.636. The van der Waals surface area contributed by atoms with E-state index in [1.54, 1.807) is 7.11 Å². The number of nitrogens with zero attached hydrogens (tertiary/aromatic N) is 1. The Hall–Kier alpha value is -1.64. The third kappa shape index (κ3) is 6.18. The van der Waals surface area contributed by atoms with E-state index in [4.69, 9.17) is 24.7 Å². The standard InChI is InChI=1S/C11H19N3O5/c1-16-2-3-17-4-5-18-6-7-19-11(15)10-9(12)8-13-14-10/h8H,2-7,12H2,1H3,(H,13,14). The van der Waals surface area contributed by atoms with Gasteiger partial charge in [0.1, 0.15) is 6.61 Å². The highest BCUT2D eigenvalue weighted by Gasteiger charge is 2.12. The molecule has 0 spiro atoms. The number of carbonyl (C=O) groups is 1. The molecule has 8 heteroatoms. The van der Waals surface area contributed by atoms with Gasteiger partial charge in [0.05, 0.1) is 44.9 Å². The summed E-state index contributed by atoms with van der Waals surface area (Å²) in [5.74, 6) is -0.546. The van der Waals surface area contributed by atoms with Crippen LogP contribution in [-0.2, 0) is 18.9 Å². The molecule has 1 heterocycles. The average molecular weight is 273 g/mol. The van der Waals surface area contributed by atoms with Crippen molar-refractivity contribution in [1.82, 2.24) is 10.2 Å². The predicted octanol–water partition coefficient (Wildman–Crippen LogP) is -0.172. The van der Waals surface area contributed by atoms with Crippen molar-refractivity contribution in [2.24, 2.45) is 0 Å². The quantitative estimate of drug-likeness (QED) is 0.450. The predicted molar refractivity (Wildman–Crippen MR) is 66.8 cm³/mol.